The Labute approximate surface area is 201 Å². The van der Waals surface area contributed by atoms with Crippen LogP contribution in [0.2, 0.25) is 0 Å². The van der Waals surface area contributed by atoms with Crippen molar-refractivity contribution >= 4 is 5.84 Å². The number of hydrogen-bond donors (Lipinski definition) is 1. The molecule has 1 aliphatic carbocycles. The summed E-state index contributed by atoms with van der Waals surface area (Å²) in [6.07, 6.45) is 19.0. The Morgan fingerprint density at radius 3 is 2.58 bits per heavy atom. The first-order chi connectivity index (χ1) is 16.2. The number of aliphatic hydroxyl groups is 1. The minimum absolute atomic E-state index is 0.717. The van der Waals surface area contributed by atoms with Gasteiger partial charge in [-0.15, -0.1) is 0 Å². The van der Waals surface area contributed by atoms with Gasteiger partial charge in [-0.05, 0) is 51.3 Å². The van der Waals surface area contributed by atoms with Crippen LogP contribution in [-0.2, 0) is 4.74 Å². The third-order valence-electron chi connectivity index (χ3n) is 6.27. The number of allylic oxidation sites excluding steroid dienone is 7. The summed E-state index contributed by atoms with van der Waals surface area (Å²) in [5.74, 6) is 2.16. The van der Waals surface area contributed by atoms with E-state index < -0.39 is 0 Å². The standard InChI is InChI=1S/C26H40N4O.CH4O/c1-5-9-22(10-6-2)11-7-8-16-29-17-19-30(20-18-29)26-24-14-12-23(31-4)13-15-25(24)28(3)21-27-26;1-2/h5,9-10,13-15H,6-8,11-12,16-21H2,1-4H3;2H,1H3/b9-5-,22-10+;. The fourth-order valence-electron chi connectivity index (χ4n) is 4.51. The van der Waals surface area contributed by atoms with Crippen LogP contribution in [0.4, 0.5) is 0 Å². The maximum absolute atomic E-state index is 7.00. The van der Waals surface area contributed by atoms with Crippen molar-refractivity contribution in [1.29, 1.82) is 0 Å². The molecule has 0 atom stereocenters. The highest BCUT2D eigenvalue weighted by Gasteiger charge is 2.28. The summed E-state index contributed by atoms with van der Waals surface area (Å²) in [6.45, 7) is 10.6. The first-order valence-corrected chi connectivity index (χ1v) is 12.3. The van der Waals surface area contributed by atoms with E-state index in [1.807, 2.05) is 0 Å². The minimum Gasteiger partial charge on any atom is -0.501 e. The second kappa shape index (κ2) is 14.8. The lowest BCUT2D eigenvalue weighted by atomic mass is 10.1. The first-order valence-electron chi connectivity index (χ1n) is 12.3. The molecule has 0 saturated carbocycles. The van der Waals surface area contributed by atoms with E-state index in [1.165, 1.54) is 42.7 Å². The van der Waals surface area contributed by atoms with Crippen molar-refractivity contribution in [2.75, 3.05) is 60.7 Å². The van der Waals surface area contributed by atoms with Gasteiger partial charge in [-0.1, -0.05) is 36.8 Å². The van der Waals surface area contributed by atoms with Crippen molar-refractivity contribution < 1.29 is 9.84 Å². The number of aliphatic imine (C=N–C) groups is 1. The van der Waals surface area contributed by atoms with Gasteiger partial charge in [0.1, 0.15) is 12.5 Å². The lowest BCUT2D eigenvalue weighted by Crippen LogP contribution is -2.50. The maximum atomic E-state index is 7.00. The Kier molecular flexibility index (Phi) is 12.0. The summed E-state index contributed by atoms with van der Waals surface area (Å²) in [5, 5.41) is 7.00. The van der Waals surface area contributed by atoms with Crippen LogP contribution >= 0.6 is 0 Å². The van der Waals surface area contributed by atoms with E-state index in [0.717, 1.165) is 57.7 Å². The van der Waals surface area contributed by atoms with Crippen LogP contribution in [0.1, 0.15) is 46.0 Å². The number of rotatable bonds is 8. The third kappa shape index (κ3) is 7.90. The zero-order valence-electron chi connectivity index (χ0n) is 21.4. The van der Waals surface area contributed by atoms with Gasteiger partial charge < -0.3 is 19.6 Å². The van der Waals surface area contributed by atoms with Gasteiger partial charge in [0.15, 0.2) is 0 Å². The largest absolute Gasteiger partial charge is 0.501 e. The summed E-state index contributed by atoms with van der Waals surface area (Å²) in [7, 11) is 4.86. The van der Waals surface area contributed by atoms with Crippen molar-refractivity contribution in [2.24, 2.45) is 4.99 Å². The zero-order chi connectivity index (χ0) is 24.1. The van der Waals surface area contributed by atoms with E-state index in [0.29, 0.717) is 6.67 Å². The van der Waals surface area contributed by atoms with Crippen molar-refractivity contribution in [2.45, 2.75) is 46.0 Å². The number of aliphatic hydroxyl groups excluding tert-OH is 1. The second-order valence-corrected chi connectivity index (χ2v) is 8.51. The quantitative estimate of drug-likeness (QED) is 0.435. The molecule has 0 aromatic heterocycles. The van der Waals surface area contributed by atoms with Crippen molar-refractivity contribution in [3.8, 4) is 0 Å². The summed E-state index contributed by atoms with van der Waals surface area (Å²) < 4.78 is 5.48. The molecule has 184 valence electrons. The summed E-state index contributed by atoms with van der Waals surface area (Å²) in [4.78, 5) is 12.2. The van der Waals surface area contributed by atoms with Crippen LogP contribution in [0.15, 0.2) is 64.1 Å². The summed E-state index contributed by atoms with van der Waals surface area (Å²) in [5.41, 5.74) is 3.99. The van der Waals surface area contributed by atoms with Crippen LogP contribution in [0.25, 0.3) is 0 Å². The Hall–Kier alpha value is -2.31. The van der Waals surface area contributed by atoms with Gasteiger partial charge in [-0.25, -0.2) is 4.99 Å². The lowest BCUT2D eigenvalue weighted by Gasteiger charge is -2.40. The van der Waals surface area contributed by atoms with E-state index in [1.54, 1.807) is 7.11 Å². The molecule has 2 aliphatic heterocycles. The molecule has 2 heterocycles. The number of piperazine rings is 1. The van der Waals surface area contributed by atoms with E-state index in [-0.39, 0.29) is 0 Å². The zero-order valence-corrected chi connectivity index (χ0v) is 21.4. The van der Waals surface area contributed by atoms with Crippen LogP contribution < -0.4 is 0 Å². The maximum Gasteiger partial charge on any atom is 0.134 e. The van der Waals surface area contributed by atoms with Gasteiger partial charge in [0.05, 0.1) is 12.9 Å². The van der Waals surface area contributed by atoms with E-state index >= 15 is 0 Å². The molecule has 0 bridgehead atoms. The van der Waals surface area contributed by atoms with Gasteiger partial charge in [0.25, 0.3) is 0 Å². The van der Waals surface area contributed by atoms with Crippen molar-refractivity contribution in [3.63, 3.8) is 0 Å². The summed E-state index contributed by atoms with van der Waals surface area (Å²) >= 11 is 0. The van der Waals surface area contributed by atoms with E-state index in [4.69, 9.17) is 14.8 Å². The summed E-state index contributed by atoms with van der Waals surface area (Å²) in [6, 6.07) is 0. The fourth-order valence-corrected chi connectivity index (χ4v) is 4.51. The molecule has 0 spiro atoms. The molecule has 1 fully saturated rings. The van der Waals surface area contributed by atoms with Gasteiger partial charge >= 0.3 is 0 Å². The highest BCUT2D eigenvalue weighted by Crippen LogP contribution is 2.27. The Morgan fingerprint density at radius 2 is 1.91 bits per heavy atom. The molecule has 0 unspecified atom stereocenters. The molecule has 33 heavy (non-hydrogen) atoms. The fraction of sp³-hybridized carbons (Fsp3) is 0.593. The van der Waals surface area contributed by atoms with Gasteiger partial charge in [0, 0.05) is 58.0 Å². The number of methoxy groups -OCH3 is 1. The number of nitrogens with zero attached hydrogens (tertiary/aromatic N) is 4. The predicted octanol–water partition coefficient (Wildman–Crippen LogP) is 4.34. The third-order valence-corrected chi connectivity index (χ3v) is 6.27. The second-order valence-electron chi connectivity index (χ2n) is 8.51. The molecule has 3 aliphatic rings. The lowest BCUT2D eigenvalue weighted by molar-refractivity contribution is 0.178. The molecule has 0 radical (unpaired) electrons. The molecule has 6 heteroatoms. The molecule has 6 nitrogen and oxygen atoms in total. The Morgan fingerprint density at radius 1 is 1.15 bits per heavy atom. The van der Waals surface area contributed by atoms with Crippen molar-refractivity contribution in [3.05, 3.63) is 59.1 Å². The van der Waals surface area contributed by atoms with Crippen LogP contribution in [0, 0.1) is 0 Å². The minimum atomic E-state index is 0.717. The van der Waals surface area contributed by atoms with Crippen molar-refractivity contribution in [1.82, 2.24) is 14.7 Å². The van der Waals surface area contributed by atoms with E-state index in [9.17, 15) is 0 Å². The highest BCUT2D eigenvalue weighted by atomic mass is 16.5. The molecular formula is C27H44N4O2. The van der Waals surface area contributed by atoms with Gasteiger partial charge in [-0.3, -0.25) is 4.90 Å². The topological polar surface area (TPSA) is 51.5 Å². The Balaban J connectivity index is 0.00000187. The molecule has 1 saturated heterocycles. The Bertz CT molecular complexity index is 784. The smallest absolute Gasteiger partial charge is 0.134 e. The molecule has 0 amide bonds. The average Bonchev–Trinajstić information content (AvgIpc) is 3.08. The first kappa shape index (κ1) is 26.9. The van der Waals surface area contributed by atoms with E-state index in [2.05, 4.69) is 72.1 Å². The normalized spacial score (nSPS) is 19.6. The number of amidine groups is 1. The number of likely N-dealkylation sites (N-methyl/N-ethyl adjacent to an activating group) is 1. The molecule has 1 N–H and O–H groups in total. The van der Waals surface area contributed by atoms with Gasteiger partial charge in [0.2, 0.25) is 0 Å². The number of fused-ring (bicyclic) bond motifs is 1. The molecule has 0 aromatic carbocycles. The number of unbranched alkanes of at least 4 members (excludes halogenated alkanes) is 1. The molecule has 3 rings (SSSR count). The average molecular weight is 457 g/mol. The highest BCUT2D eigenvalue weighted by molar-refractivity contribution is 6.03. The van der Waals surface area contributed by atoms with Crippen LogP contribution in [0.5, 0.6) is 0 Å². The van der Waals surface area contributed by atoms with Gasteiger partial charge in [-0.2, -0.15) is 0 Å². The number of hydrogen-bond acceptors (Lipinski definition) is 6. The van der Waals surface area contributed by atoms with Crippen LogP contribution in [-0.4, -0.2) is 86.3 Å². The SMILES string of the molecule is C/C=C\C(=C/CC)CCCCN1CCN(C2=NCN(C)C3=CC=C(OC)CC=C32)CC1.CO. The molecule has 0 aromatic rings. The monoisotopic (exact) mass is 456 g/mol. The molecular weight excluding hydrogens is 412 g/mol. The van der Waals surface area contributed by atoms with Crippen LogP contribution in [0.3, 0.4) is 0 Å². The number of ether oxygens (including phenoxy) is 1. The predicted molar refractivity (Wildman–Crippen MR) is 139 cm³/mol.